The fraction of sp³-hybridized carbons (Fsp3) is 0.474. The molecule has 1 aromatic heterocycles. The second-order valence-electron chi connectivity index (χ2n) is 7.83. The molecule has 2 heterocycles. The molecule has 7 nitrogen and oxygen atoms in total. The Balaban J connectivity index is 1.64. The second kappa shape index (κ2) is 7.64. The first-order valence-electron chi connectivity index (χ1n) is 8.83. The molecule has 144 valence electrons. The number of hydrogen-bond donors (Lipinski definition) is 1. The van der Waals surface area contributed by atoms with E-state index in [1.54, 1.807) is 18.1 Å². The van der Waals surface area contributed by atoms with Crippen LogP contribution in [0.15, 0.2) is 24.3 Å². The van der Waals surface area contributed by atoms with Gasteiger partial charge in [-0.1, -0.05) is 38.2 Å². The molecule has 0 spiro atoms. The minimum Gasteiger partial charge on any atom is -0.497 e. The Morgan fingerprint density at radius 2 is 2.15 bits per heavy atom. The number of benzene rings is 1. The van der Waals surface area contributed by atoms with Crippen LogP contribution in [-0.2, 0) is 16.0 Å². The quantitative estimate of drug-likeness (QED) is 0.851. The van der Waals surface area contributed by atoms with Crippen LogP contribution < -0.4 is 15.0 Å². The van der Waals surface area contributed by atoms with E-state index in [9.17, 15) is 9.59 Å². The predicted octanol–water partition coefficient (Wildman–Crippen LogP) is 3.13. The van der Waals surface area contributed by atoms with Crippen LogP contribution in [0.1, 0.15) is 32.2 Å². The van der Waals surface area contributed by atoms with E-state index < -0.39 is 5.92 Å². The van der Waals surface area contributed by atoms with Gasteiger partial charge in [0.1, 0.15) is 10.8 Å². The average Bonchev–Trinajstić information content (AvgIpc) is 3.19. The summed E-state index contributed by atoms with van der Waals surface area (Å²) in [6.07, 6.45) is 0.975. The normalized spacial score (nSPS) is 17.3. The maximum atomic E-state index is 12.6. The van der Waals surface area contributed by atoms with Gasteiger partial charge < -0.3 is 15.0 Å². The van der Waals surface area contributed by atoms with Gasteiger partial charge in [-0.3, -0.25) is 9.59 Å². The van der Waals surface area contributed by atoms with Crippen molar-refractivity contribution < 1.29 is 14.3 Å². The Hall–Kier alpha value is -2.48. The number of nitrogens with one attached hydrogen (secondary N) is 1. The molecular formula is C19H24N4O3S. The van der Waals surface area contributed by atoms with Gasteiger partial charge in [0.2, 0.25) is 16.9 Å². The monoisotopic (exact) mass is 388 g/mol. The van der Waals surface area contributed by atoms with Gasteiger partial charge in [0.15, 0.2) is 0 Å². The maximum absolute atomic E-state index is 12.6. The van der Waals surface area contributed by atoms with Crippen LogP contribution in [0.2, 0.25) is 0 Å². The molecule has 1 N–H and O–H groups in total. The summed E-state index contributed by atoms with van der Waals surface area (Å²) in [7, 11) is 1.58. The molecule has 3 rings (SSSR count). The largest absolute Gasteiger partial charge is 0.497 e. The van der Waals surface area contributed by atoms with E-state index in [0.29, 0.717) is 17.4 Å². The molecule has 2 amide bonds. The minimum atomic E-state index is -0.418. The van der Waals surface area contributed by atoms with E-state index >= 15 is 0 Å². The van der Waals surface area contributed by atoms with Crippen molar-refractivity contribution in [3.63, 3.8) is 0 Å². The van der Waals surface area contributed by atoms with Gasteiger partial charge >= 0.3 is 0 Å². The first-order chi connectivity index (χ1) is 12.7. The number of hydrogen-bond acceptors (Lipinski definition) is 6. The summed E-state index contributed by atoms with van der Waals surface area (Å²) in [4.78, 5) is 26.6. The molecule has 8 heteroatoms. The van der Waals surface area contributed by atoms with Crippen molar-refractivity contribution in [3.05, 3.63) is 29.3 Å². The number of nitrogens with zero attached hydrogens (tertiary/aromatic N) is 3. The van der Waals surface area contributed by atoms with Crippen LogP contribution in [0.25, 0.3) is 0 Å². The molecule has 1 saturated heterocycles. The van der Waals surface area contributed by atoms with Gasteiger partial charge in [0.25, 0.3) is 0 Å². The number of carbonyl (C=O) groups excluding carboxylic acids is 2. The highest BCUT2D eigenvalue weighted by atomic mass is 32.1. The summed E-state index contributed by atoms with van der Waals surface area (Å²) >= 11 is 1.38. The van der Waals surface area contributed by atoms with Gasteiger partial charge in [0.05, 0.1) is 13.0 Å². The maximum Gasteiger partial charge on any atom is 0.231 e. The van der Waals surface area contributed by atoms with E-state index in [2.05, 4.69) is 36.3 Å². The number of methoxy groups -OCH3 is 1. The Labute approximate surface area is 162 Å². The molecule has 0 unspecified atom stereocenters. The highest BCUT2D eigenvalue weighted by Gasteiger charge is 2.35. The summed E-state index contributed by atoms with van der Waals surface area (Å²) < 4.78 is 5.21. The summed E-state index contributed by atoms with van der Waals surface area (Å²) in [6.45, 7) is 6.73. The van der Waals surface area contributed by atoms with Gasteiger partial charge in [-0.05, 0) is 17.5 Å². The molecule has 1 atom stereocenters. The van der Waals surface area contributed by atoms with E-state index in [1.807, 2.05) is 18.2 Å². The number of amides is 2. The Morgan fingerprint density at radius 1 is 1.37 bits per heavy atom. The molecular weight excluding hydrogens is 364 g/mol. The van der Waals surface area contributed by atoms with Crippen LogP contribution in [0.3, 0.4) is 0 Å². The summed E-state index contributed by atoms with van der Waals surface area (Å²) in [6, 6.07) is 7.28. The van der Waals surface area contributed by atoms with Crippen LogP contribution in [-0.4, -0.2) is 35.7 Å². The van der Waals surface area contributed by atoms with Crippen molar-refractivity contribution in [2.45, 2.75) is 33.6 Å². The zero-order chi connectivity index (χ0) is 19.6. The Bertz CT molecular complexity index is 843. The third kappa shape index (κ3) is 4.82. The fourth-order valence-corrected chi connectivity index (χ4v) is 3.99. The molecule has 1 aliphatic rings. The topological polar surface area (TPSA) is 84.4 Å². The molecule has 27 heavy (non-hydrogen) atoms. The lowest BCUT2D eigenvalue weighted by molar-refractivity contribution is -0.122. The van der Waals surface area contributed by atoms with Gasteiger partial charge in [0, 0.05) is 31.1 Å². The minimum absolute atomic E-state index is 0.0749. The zero-order valence-corrected chi connectivity index (χ0v) is 16.8. The van der Waals surface area contributed by atoms with Crippen molar-refractivity contribution in [3.8, 4) is 5.75 Å². The molecule has 0 bridgehead atoms. The molecule has 0 aliphatic carbocycles. The van der Waals surface area contributed by atoms with Crippen molar-refractivity contribution in [1.82, 2.24) is 10.2 Å². The lowest BCUT2D eigenvalue weighted by atomic mass is 9.93. The summed E-state index contributed by atoms with van der Waals surface area (Å²) in [5.41, 5.74) is 0.841. The van der Waals surface area contributed by atoms with Gasteiger partial charge in [-0.25, -0.2) is 0 Å². The standard InChI is InChI=1S/C19H24N4O3S/c1-19(2,3)10-15-21-22-18(27-15)20-17(25)12-8-16(24)23(11-12)13-6-5-7-14(9-13)26-4/h5-7,9,12H,8,10-11H2,1-4H3,(H,20,22,25)/t12-/m1/s1. The lowest BCUT2D eigenvalue weighted by Crippen LogP contribution is -2.28. The van der Waals surface area contributed by atoms with Crippen LogP contribution in [0.5, 0.6) is 5.75 Å². The first-order valence-corrected chi connectivity index (χ1v) is 9.64. The fourth-order valence-electron chi connectivity index (χ4n) is 2.95. The number of rotatable bonds is 5. The summed E-state index contributed by atoms with van der Waals surface area (Å²) in [5.74, 6) is -0.0200. The Morgan fingerprint density at radius 3 is 2.85 bits per heavy atom. The molecule has 1 aromatic carbocycles. The smallest absolute Gasteiger partial charge is 0.231 e. The van der Waals surface area contributed by atoms with Crippen molar-refractivity contribution >= 4 is 34.0 Å². The molecule has 0 saturated carbocycles. The van der Waals surface area contributed by atoms with Crippen molar-refractivity contribution in [2.24, 2.45) is 11.3 Å². The second-order valence-corrected chi connectivity index (χ2v) is 8.90. The van der Waals surface area contributed by atoms with Crippen molar-refractivity contribution in [2.75, 3.05) is 23.9 Å². The molecule has 2 aromatic rings. The van der Waals surface area contributed by atoms with Crippen LogP contribution >= 0.6 is 11.3 Å². The third-order valence-electron chi connectivity index (χ3n) is 4.24. The van der Waals surface area contributed by atoms with Gasteiger partial charge in [-0.2, -0.15) is 0 Å². The molecule has 1 fully saturated rings. The predicted molar refractivity (Wildman–Crippen MR) is 105 cm³/mol. The number of carbonyl (C=O) groups is 2. The zero-order valence-electron chi connectivity index (χ0n) is 16.0. The number of anilines is 2. The van der Waals surface area contributed by atoms with Gasteiger partial charge in [-0.15, -0.1) is 10.2 Å². The highest BCUT2D eigenvalue weighted by Crippen LogP contribution is 2.29. The van der Waals surface area contributed by atoms with Crippen LogP contribution in [0.4, 0.5) is 10.8 Å². The van der Waals surface area contributed by atoms with E-state index in [0.717, 1.165) is 17.1 Å². The number of ether oxygens (including phenoxy) is 1. The highest BCUT2D eigenvalue weighted by molar-refractivity contribution is 7.15. The average molecular weight is 388 g/mol. The lowest BCUT2D eigenvalue weighted by Gasteiger charge is -2.17. The number of aromatic nitrogens is 2. The van der Waals surface area contributed by atoms with E-state index in [1.165, 1.54) is 11.3 Å². The first kappa shape index (κ1) is 19.3. The van der Waals surface area contributed by atoms with Crippen molar-refractivity contribution in [1.29, 1.82) is 0 Å². The molecule has 1 aliphatic heterocycles. The Kier molecular flexibility index (Phi) is 5.46. The van der Waals surface area contributed by atoms with E-state index in [-0.39, 0.29) is 23.7 Å². The third-order valence-corrected chi connectivity index (χ3v) is 5.08. The summed E-state index contributed by atoms with van der Waals surface area (Å²) in [5, 5.41) is 12.4. The van der Waals surface area contributed by atoms with Crippen LogP contribution in [0, 0.1) is 11.3 Å². The SMILES string of the molecule is COc1cccc(N2C[C@H](C(=O)Nc3nnc(CC(C)(C)C)s3)CC2=O)c1. The molecule has 0 radical (unpaired) electrons. The van der Waals surface area contributed by atoms with E-state index in [4.69, 9.17) is 4.74 Å².